The molecule has 0 aliphatic carbocycles. The van der Waals surface area contributed by atoms with Crippen LogP contribution in [-0.2, 0) is 13.1 Å². The molecule has 0 spiro atoms. The predicted molar refractivity (Wildman–Crippen MR) is 78.7 cm³/mol. The monoisotopic (exact) mass is 275 g/mol. The number of hydrogen-bond acceptors (Lipinski definition) is 2. The Morgan fingerprint density at radius 3 is 2.75 bits per heavy atom. The van der Waals surface area contributed by atoms with E-state index in [1.165, 1.54) is 6.07 Å². The lowest BCUT2D eigenvalue weighted by atomic mass is 9.86. The molecule has 1 unspecified atom stereocenters. The zero-order chi connectivity index (χ0) is 14.6. The molecule has 0 aliphatic rings. The largest absolute Gasteiger partial charge is 0.336 e. The Labute approximate surface area is 119 Å². The topological polar surface area (TPSA) is 29.9 Å². The molecule has 20 heavy (non-hydrogen) atoms. The van der Waals surface area contributed by atoms with Gasteiger partial charge in [0.25, 0.3) is 0 Å². The third kappa shape index (κ3) is 4.17. The quantitative estimate of drug-likeness (QED) is 0.908. The molecule has 1 aromatic carbocycles. The highest BCUT2D eigenvalue weighted by Gasteiger charge is 2.24. The van der Waals surface area contributed by atoms with Gasteiger partial charge in [-0.2, -0.15) is 0 Å². The van der Waals surface area contributed by atoms with Crippen molar-refractivity contribution in [3.05, 3.63) is 54.4 Å². The molecule has 1 N–H and O–H groups in total. The van der Waals surface area contributed by atoms with Gasteiger partial charge in [0, 0.05) is 31.5 Å². The molecule has 2 rings (SSSR count). The first-order valence-electron chi connectivity index (χ1n) is 6.89. The van der Waals surface area contributed by atoms with Crippen LogP contribution in [0.2, 0.25) is 0 Å². The molecule has 0 bridgehead atoms. The van der Waals surface area contributed by atoms with E-state index in [2.05, 4.69) is 35.6 Å². The van der Waals surface area contributed by atoms with Crippen molar-refractivity contribution in [2.24, 2.45) is 5.41 Å². The summed E-state index contributed by atoms with van der Waals surface area (Å²) in [6.45, 7) is 8.11. The van der Waals surface area contributed by atoms with Crippen LogP contribution < -0.4 is 5.32 Å². The normalized spacial score (nSPS) is 13.4. The molecular formula is C16H22FN3. The van der Waals surface area contributed by atoms with Crippen LogP contribution in [0.1, 0.15) is 26.3 Å². The number of benzene rings is 1. The molecule has 0 saturated heterocycles. The summed E-state index contributed by atoms with van der Waals surface area (Å²) in [6.07, 6.45) is 5.57. The number of halogens is 1. The summed E-state index contributed by atoms with van der Waals surface area (Å²) in [7, 11) is 0. The Morgan fingerprint density at radius 1 is 1.35 bits per heavy atom. The molecule has 108 valence electrons. The van der Waals surface area contributed by atoms with Crippen molar-refractivity contribution in [2.45, 2.75) is 39.9 Å². The van der Waals surface area contributed by atoms with E-state index >= 15 is 0 Å². The lowest BCUT2D eigenvalue weighted by Gasteiger charge is -2.32. The maximum absolute atomic E-state index is 13.2. The number of nitrogens with one attached hydrogen (secondary N) is 1. The summed E-state index contributed by atoms with van der Waals surface area (Å²) in [6, 6.07) is 7.00. The van der Waals surface area contributed by atoms with Gasteiger partial charge in [-0.15, -0.1) is 0 Å². The molecule has 0 radical (unpaired) electrons. The average molecular weight is 275 g/mol. The van der Waals surface area contributed by atoms with Crippen LogP contribution in [0.4, 0.5) is 4.39 Å². The van der Waals surface area contributed by atoms with E-state index in [1.807, 2.05) is 18.6 Å². The Balaban J connectivity index is 2.01. The minimum Gasteiger partial charge on any atom is -0.336 e. The van der Waals surface area contributed by atoms with Crippen LogP contribution in [0.25, 0.3) is 0 Å². The summed E-state index contributed by atoms with van der Waals surface area (Å²) in [5, 5.41) is 3.53. The third-order valence-corrected chi connectivity index (χ3v) is 3.44. The Kier molecular flexibility index (Phi) is 4.55. The van der Waals surface area contributed by atoms with Crippen LogP contribution >= 0.6 is 0 Å². The van der Waals surface area contributed by atoms with Crippen molar-refractivity contribution < 1.29 is 4.39 Å². The van der Waals surface area contributed by atoms with Gasteiger partial charge in [-0.1, -0.05) is 32.9 Å². The highest BCUT2D eigenvalue weighted by molar-refractivity contribution is 5.16. The maximum atomic E-state index is 13.2. The van der Waals surface area contributed by atoms with Crippen molar-refractivity contribution >= 4 is 0 Å². The first-order valence-corrected chi connectivity index (χ1v) is 6.89. The Bertz CT molecular complexity index is 529. The van der Waals surface area contributed by atoms with Crippen molar-refractivity contribution in [3.8, 4) is 0 Å². The van der Waals surface area contributed by atoms with Gasteiger partial charge < -0.3 is 9.88 Å². The van der Waals surface area contributed by atoms with E-state index in [9.17, 15) is 4.39 Å². The van der Waals surface area contributed by atoms with Gasteiger partial charge in [-0.25, -0.2) is 9.37 Å². The fraction of sp³-hybridized carbons (Fsp3) is 0.438. The van der Waals surface area contributed by atoms with Crippen molar-refractivity contribution in [3.63, 3.8) is 0 Å². The number of hydrogen-bond donors (Lipinski definition) is 1. The second kappa shape index (κ2) is 6.18. The molecule has 3 nitrogen and oxygen atoms in total. The van der Waals surface area contributed by atoms with E-state index in [-0.39, 0.29) is 17.3 Å². The van der Waals surface area contributed by atoms with Gasteiger partial charge in [0.05, 0.1) is 6.33 Å². The standard InChI is InChI=1S/C16H22FN3/c1-16(2,3)15(11-20-8-7-18-12-20)19-10-13-5-4-6-14(17)9-13/h4-9,12,15,19H,10-11H2,1-3H3. The molecule has 0 aliphatic heterocycles. The van der Waals surface area contributed by atoms with Gasteiger partial charge >= 0.3 is 0 Å². The summed E-state index contributed by atoms with van der Waals surface area (Å²) in [5.41, 5.74) is 1.07. The molecule has 4 heteroatoms. The SMILES string of the molecule is CC(C)(C)C(Cn1ccnc1)NCc1cccc(F)c1. The predicted octanol–water partition coefficient (Wildman–Crippen LogP) is 3.23. The van der Waals surface area contributed by atoms with Crippen molar-refractivity contribution in [1.29, 1.82) is 0 Å². The lowest BCUT2D eigenvalue weighted by molar-refractivity contribution is 0.240. The molecule has 0 saturated carbocycles. The molecule has 1 atom stereocenters. The number of imidazole rings is 1. The first-order chi connectivity index (χ1) is 9.45. The smallest absolute Gasteiger partial charge is 0.123 e. The zero-order valence-corrected chi connectivity index (χ0v) is 12.3. The van der Waals surface area contributed by atoms with Gasteiger partial charge in [0.15, 0.2) is 0 Å². The van der Waals surface area contributed by atoms with Crippen molar-refractivity contribution in [2.75, 3.05) is 0 Å². The molecule has 1 aromatic heterocycles. The fourth-order valence-corrected chi connectivity index (χ4v) is 2.14. The number of rotatable bonds is 5. The minimum atomic E-state index is -0.189. The van der Waals surface area contributed by atoms with Crippen molar-refractivity contribution in [1.82, 2.24) is 14.9 Å². The Hall–Kier alpha value is -1.68. The molecule has 0 fully saturated rings. The number of aromatic nitrogens is 2. The van der Waals surface area contributed by atoms with Crippen LogP contribution in [0.15, 0.2) is 43.0 Å². The molecular weight excluding hydrogens is 253 g/mol. The van der Waals surface area contributed by atoms with Crippen LogP contribution in [-0.4, -0.2) is 15.6 Å². The van der Waals surface area contributed by atoms with Crippen LogP contribution in [0, 0.1) is 11.2 Å². The van der Waals surface area contributed by atoms with Gasteiger partial charge in [0.2, 0.25) is 0 Å². The summed E-state index contributed by atoms with van der Waals surface area (Å²) in [4.78, 5) is 4.07. The summed E-state index contributed by atoms with van der Waals surface area (Å²) in [5.74, 6) is -0.189. The van der Waals surface area contributed by atoms with Crippen LogP contribution in [0.5, 0.6) is 0 Å². The van der Waals surface area contributed by atoms with E-state index < -0.39 is 0 Å². The Morgan fingerprint density at radius 2 is 2.15 bits per heavy atom. The summed E-state index contributed by atoms with van der Waals surface area (Å²) >= 11 is 0. The van der Waals surface area contributed by atoms with Gasteiger partial charge in [-0.3, -0.25) is 0 Å². The van der Waals surface area contributed by atoms with E-state index in [1.54, 1.807) is 18.3 Å². The van der Waals surface area contributed by atoms with E-state index in [0.29, 0.717) is 6.54 Å². The molecule has 2 aromatic rings. The maximum Gasteiger partial charge on any atom is 0.123 e. The molecule has 1 heterocycles. The van der Waals surface area contributed by atoms with E-state index in [4.69, 9.17) is 0 Å². The second-order valence-corrected chi connectivity index (χ2v) is 6.19. The minimum absolute atomic E-state index is 0.109. The summed E-state index contributed by atoms with van der Waals surface area (Å²) < 4.78 is 15.3. The van der Waals surface area contributed by atoms with E-state index in [0.717, 1.165) is 12.1 Å². The van der Waals surface area contributed by atoms with Gasteiger partial charge in [0.1, 0.15) is 5.82 Å². The fourth-order valence-electron chi connectivity index (χ4n) is 2.14. The zero-order valence-electron chi connectivity index (χ0n) is 12.3. The second-order valence-electron chi connectivity index (χ2n) is 6.19. The van der Waals surface area contributed by atoms with Crippen LogP contribution in [0.3, 0.4) is 0 Å². The number of nitrogens with zero attached hydrogens (tertiary/aromatic N) is 2. The molecule has 0 amide bonds. The average Bonchev–Trinajstić information content (AvgIpc) is 2.86. The highest BCUT2D eigenvalue weighted by Crippen LogP contribution is 2.21. The third-order valence-electron chi connectivity index (χ3n) is 3.44. The highest BCUT2D eigenvalue weighted by atomic mass is 19.1. The first kappa shape index (κ1) is 14.7. The van der Waals surface area contributed by atoms with Gasteiger partial charge in [-0.05, 0) is 23.1 Å². The lowest BCUT2D eigenvalue weighted by Crippen LogP contribution is -2.43.